The van der Waals surface area contributed by atoms with Crippen LogP contribution >= 0.6 is 0 Å². The third-order valence-electron chi connectivity index (χ3n) is 4.52. The molecule has 9 heteroatoms. The fraction of sp³-hybridized carbons (Fsp3) is 0.130. The zero-order valence-electron chi connectivity index (χ0n) is 17.5. The summed E-state index contributed by atoms with van der Waals surface area (Å²) in [5.74, 6) is 0.0882. The Kier molecular flexibility index (Phi) is 7.37. The molecular weight excluding hydrogens is 408 g/mol. The van der Waals surface area contributed by atoms with Crippen LogP contribution in [0, 0.1) is 0 Å². The molecule has 1 atom stereocenters. The number of nitrogens with one attached hydrogen (secondary N) is 2. The molecule has 0 aliphatic heterocycles. The lowest BCUT2D eigenvalue weighted by Gasteiger charge is -2.15. The van der Waals surface area contributed by atoms with Crippen LogP contribution in [0.25, 0.3) is 0 Å². The summed E-state index contributed by atoms with van der Waals surface area (Å²) in [5, 5.41) is 5.43. The molecule has 3 amide bonds. The van der Waals surface area contributed by atoms with Crippen molar-refractivity contribution in [3.05, 3.63) is 89.6 Å². The first kappa shape index (κ1) is 22.3. The zero-order chi connectivity index (χ0) is 22.9. The summed E-state index contributed by atoms with van der Waals surface area (Å²) in [6.45, 7) is 1.94. The van der Waals surface area contributed by atoms with Crippen molar-refractivity contribution >= 4 is 29.5 Å². The van der Waals surface area contributed by atoms with Crippen molar-refractivity contribution in [3.63, 3.8) is 0 Å². The van der Waals surface area contributed by atoms with Crippen molar-refractivity contribution in [2.45, 2.75) is 19.6 Å². The molecule has 0 aliphatic rings. The molecule has 0 saturated heterocycles. The number of aromatic nitrogens is 1. The van der Waals surface area contributed by atoms with Crippen molar-refractivity contribution in [2.75, 3.05) is 11.1 Å². The fourth-order valence-corrected chi connectivity index (χ4v) is 2.84. The molecule has 0 aliphatic carbocycles. The smallest absolute Gasteiger partial charge is 0.435 e. The van der Waals surface area contributed by atoms with Gasteiger partial charge in [-0.2, -0.15) is 4.99 Å². The lowest BCUT2D eigenvalue weighted by atomic mass is 10.1. The molecule has 3 aromatic rings. The number of aliphatic imine (C=N–C) groups is 1. The number of carbonyl (C=O) groups is 2. The second-order valence-electron chi connectivity index (χ2n) is 6.92. The van der Waals surface area contributed by atoms with Gasteiger partial charge >= 0.3 is 12.1 Å². The monoisotopic (exact) mass is 432 g/mol. The molecule has 0 spiro atoms. The van der Waals surface area contributed by atoms with Crippen LogP contribution in [-0.2, 0) is 11.3 Å². The molecule has 3 rings (SSSR count). The number of amides is 3. The summed E-state index contributed by atoms with van der Waals surface area (Å²) in [6.07, 6.45) is 0.483. The van der Waals surface area contributed by atoms with Gasteiger partial charge < -0.3 is 21.5 Å². The molecule has 0 fully saturated rings. The van der Waals surface area contributed by atoms with E-state index in [9.17, 15) is 9.59 Å². The molecule has 6 N–H and O–H groups in total. The van der Waals surface area contributed by atoms with Gasteiger partial charge in [0, 0.05) is 18.0 Å². The maximum absolute atomic E-state index is 12.2. The Labute approximate surface area is 185 Å². The minimum Gasteiger partial charge on any atom is -0.443 e. The SMILES string of the molecule is C[C@@H](NC(=O)Nc1cc(N)c(/C(N)=N\C(=O)OCc2ccccc2)cn1)c1ccccc1. The topological polar surface area (TPSA) is 145 Å². The number of carbonyl (C=O) groups excluding carboxylic acids is 2. The Bertz CT molecular complexity index is 1100. The summed E-state index contributed by atoms with van der Waals surface area (Å²) >= 11 is 0. The van der Waals surface area contributed by atoms with E-state index >= 15 is 0 Å². The summed E-state index contributed by atoms with van der Waals surface area (Å²) < 4.78 is 5.08. The quantitative estimate of drug-likeness (QED) is 0.346. The number of nitrogen functional groups attached to an aromatic ring is 1. The van der Waals surface area contributed by atoms with Crippen LogP contribution in [0.5, 0.6) is 0 Å². The number of amidine groups is 1. The highest BCUT2D eigenvalue weighted by molar-refractivity contribution is 6.06. The third-order valence-corrected chi connectivity index (χ3v) is 4.52. The highest BCUT2D eigenvalue weighted by Crippen LogP contribution is 2.16. The number of hydrogen-bond acceptors (Lipinski definition) is 5. The number of ether oxygens (including phenoxy) is 1. The van der Waals surface area contributed by atoms with Crippen molar-refractivity contribution in [1.29, 1.82) is 0 Å². The van der Waals surface area contributed by atoms with Crippen molar-refractivity contribution in [3.8, 4) is 0 Å². The van der Waals surface area contributed by atoms with Crippen LogP contribution in [0.2, 0.25) is 0 Å². The van der Waals surface area contributed by atoms with Gasteiger partial charge in [-0.15, -0.1) is 0 Å². The molecule has 0 radical (unpaired) electrons. The molecule has 164 valence electrons. The van der Waals surface area contributed by atoms with E-state index in [0.717, 1.165) is 11.1 Å². The standard InChI is InChI=1S/C23H24N6O3/c1-15(17-10-6-3-7-11-17)27-22(30)28-20-12-19(24)18(13-26-20)21(25)29-23(31)32-14-16-8-4-2-5-9-16/h2-13,15H,14H2,1H3,(H2,25,29,31)(H4,24,26,27,28,30)/t15-/m1/s1. The molecule has 0 unspecified atom stereocenters. The number of nitrogens with zero attached hydrogens (tertiary/aromatic N) is 2. The maximum atomic E-state index is 12.2. The van der Waals surface area contributed by atoms with E-state index < -0.39 is 12.1 Å². The van der Waals surface area contributed by atoms with Gasteiger partial charge in [0.2, 0.25) is 0 Å². The molecular formula is C23H24N6O3. The van der Waals surface area contributed by atoms with Crippen LogP contribution in [0.15, 0.2) is 77.9 Å². The number of benzene rings is 2. The van der Waals surface area contributed by atoms with Gasteiger partial charge in [-0.1, -0.05) is 60.7 Å². The first-order valence-corrected chi connectivity index (χ1v) is 9.85. The van der Waals surface area contributed by atoms with Crippen molar-refractivity contribution in [1.82, 2.24) is 10.3 Å². The summed E-state index contributed by atoms with van der Waals surface area (Å²) in [5.41, 5.74) is 14.1. The van der Waals surface area contributed by atoms with Crippen LogP contribution < -0.4 is 22.1 Å². The highest BCUT2D eigenvalue weighted by atomic mass is 16.5. The highest BCUT2D eigenvalue weighted by Gasteiger charge is 2.13. The fourth-order valence-electron chi connectivity index (χ4n) is 2.84. The lowest BCUT2D eigenvalue weighted by Crippen LogP contribution is -2.31. The Hall–Kier alpha value is -4.40. The van der Waals surface area contributed by atoms with Gasteiger partial charge in [0.05, 0.1) is 11.6 Å². The average molecular weight is 432 g/mol. The Balaban J connectivity index is 1.58. The van der Waals surface area contributed by atoms with E-state index in [1.54, 1.807) is 0 Å². The van der Waals surface area contributed by atoms with Crippen LogP contribution in [0.4, 0.5) is 21.1 Å². The zero-order valence-corrected chi connectivity index (χ0v) is 17.5. The average Bonchev–Trinajstić information content (AvgIpc) is 2.79. The second kappa shape index (κ2) is 10.6. The molecule has 0 saturated carbocycles. The van der Waals surface area contributed by atoms with E-state index in [1.807, 2.05) is 67.6 Å². The Morgan fingerprint density at radius 3 is 2.41 bits per heavy atom. The van der Waals surface area contributed by atoms with E-state index in [0.29, 0.717) is 0 Å². The Morgan fingerprint density at radius 1 is 1.09 bits per heavy atom. The minimum absolute atomic E-state index is 0.0730. The van der Waals surface area contributed by atoms with Gasteiger partial charge in [0.25, 0.3) is 0 Å². The third kappa shape index (κ3) is 6.30. The summed E-state index contributed by atoms with van der Waals surface area (Å²) in [4.78, 5) is 32.0. The first-order valence-electron chi connectivity index (χ1n) is 9.85. The predicted octanol–water partition coefficient (Wildman–Crippen LogP) is 3.59. The van der Waals surface area contributed by atoms with Gasteiger partial charge in [-0.25, -0.2) is 14.6 Å². The Morgan fingerprint density at radius 2 is 1.75 bits per heavy atom. The van der Waals surface area contributed by atoms with Crippen LogP contribution in [0.1, 0.15) is 29.7 Å². The largest absolute Gasteiger partial charge is 0.443 e. The van der Waals surface area contributed by atoms with E-state index in [-0.39, 0.29) is 35.6 Å². The van der Waals surface area contributed by atoms with Crippen LogP contribution in [-0.4, -0.2) is 22.9 Å². The summed E-state index contributed by atoms with van der Waals surface area (Å²) in [7, 11) is 0. The van der Waals surface area contributed by atoms with Gasteiger partial charge in [0.1, 0.15) is 18.3 Å². The minimum atomic E-state index is -0.845. The van der Waals surface area contributed by atoms with E-state index in [2.05, 4.69) is 20.6 Å². The number of pyridine rings is 1. The molecule has 1 aromatic heterocycles. The van der Waals surface area contributed by atoms with Crippen molar-refractivity contribution in [2.24, 2.45) is 10.7 Å². The molecule has 2 aromatic carbocycles. The molecule has 32 heavy (non-hydrogen) atoms. The number of nitrogens with two attached hydrogens (primary N) is 2. The summed E-state index contributed by atoms with van der Waals surface area (Å²) in [6, 6.07) is 19.5. The number of hydrogen-bond donors (Lipinski definition) is 4. The van der Waals surface area contributed by atoms with E-state index in [1.165, 1.54) is 12.3 Å². The van der Waals surface area contributed by atoms with Crippen LogP contribution in [0.3, 0.4) is 0 Å². The molecule has 0 bridgehead atoms. The number of anilines is 2. The van der Waals surface area contributed by atoms with Crippen molar-refractivity contribution < 1.29 is 14.3 Å². The van der Waals surface area contributed by atoms with Gasteiger partial charge in [-0.05, 0) is 18.1 Å². The predicted molar refractivity (Wildman–Crippen MR) is 123 cm³/mol. The number of rotatable bonds is 6. The number of urea groups is 1. The molecule has 9 nitrogen and oxygen atoms in total. The lowest BCUT2D eigenvalue weighted by molar-refractivity contribution is 0.151. The molecule has 1 heterocycles. The maximum Gasteiger partial charge on any atom is 0.435 e. The van der Waals surface area contributed by atoms with Gasteiger partial charge in [0.15, 0.2) is 0 Å². The second-order valence-corrected chi connectivity index (χ2v) is 6.92. The first-order chi connectivity index (χ1) is 15.4. The normalized spacial score (nSPS) is 12.0. The van der Waals surface area contributed by atoms with Gasteiger partial charge in [-0.3, -0.25) is 5.32 Å². The van der Waals surface area contributed by atoms with E-state index in [4.69, 9.17) is 16.2 Å².